The van der Waals surface area contributed by atoms with E-state index in [1.807, 2.05) is 42.1 Å². The molecule has 0 saturated carbocycles. The van der Waals surface area contributed by atoms with Crippen molar-refractivity contribution in [1.29, 1.82) is 0 Å². The highest BCUT2D eigenvalue weighted by Crippen LogP contribution is 2.27. The highest BCUT2D eigenvalue weighted by Gasteiger charge is 2.27. The minimum atomic E-state index is -0.0347. The Kier molecular flexibility index (Phi) is 5.34. The van der Waals surface area contributed by atoms with Crippen molar-refractivity contribution in [2.45, 2.75) is 45.6 Å². The quantitative estimate of drug-likeness (QED) is 0.705. The molecule has 1 amide bonds. The van der Waals surface area contributed by atoms with E-state index in [9.17, 15) is 4.79 Å². The molecule has 1 atom stereocenters. The van der Waals surface area contributed by atoms with Gasteiger partial charge in [-0.2, -0.15) is 0 Å². The van der Waals surface area contributed by atoms with Crippen LogP contribution in [-0.4, -0.2) is 38.5 Å². The van der Waals surface area contributed by atoms with Gasteiger partial charge in [0, 0.05) is 37.9 Å². The number of benzene rings is 1. The van der Waals surface area contributed by atoms with Crippen molar-refractivity contribution >= 4 is 22.9 Å². The molecule has 1 aliphatic carbocycles. The topological polar surface area (TPSA) is 75.9 Å². The third-order valence-corrected chi connectivity index (χ3v) is 6.88. The van der Waals surface area contributed by atoms with Crippen LogP contribution in [0, 0.1) is 11.8 Å². The van der Waals surface area contributed by atoms with Gasteiger partial charge < -0.3 is 14.8 Å². The van der Waals surface area contributed by atoms with Gasteiger partial charge in [-0.3, -0.25) is 4.79 Å². The second-order valence-corrected chi connectivity index (χ2v) is 9.04. The van der Waals surface area contributed by atoms with Gasteiger partial charge in [-0.05, 0) is 55.7 Å². The van der Waals surface area contributed by atoms with Gasteiger partial charge in [-0.25, -0.2) is 15.0 Å². The normalized spacial score (nSPS) is 19.4. The van der Waals surface area contributed by atoms with Crippen molar-refractivity contribution in [1.82, 2.24) is 24.8 Å². The predicted molar refractivity (Wildman–Crippen MR) is 121 cm³/mol. The summed E-state index contributed by atoms with van der Waals surface area (Å²) in [4.78, 5) is 29.3. The van der Waals surface area contributed by atoms with Crippen LogP contribution >= 0.6 is 0 Å². The molecule has 0 unspecified atom stereocenters. The van der Waals surface area contributed by atoms with E-state index in [1.54, 1.807) is 0 Å². The Morgan fingerprint density at radius 1 is 1.16 bits per heavy atom. The zero-order valence-electron chi connectivity index (χ0n) is 18.3. The number of carbonyl (C=O) groups is 1. The van der Waals surface area contributed by atoms with E-state index in [2.05, 4.69) is 27.1 Å². The first-order valence-corrected chi connectivity index (χ1v) is 11.4. The number of nitrogens with one attached hydrogen (secondary N) is 1. The zero-order chi connectivity index (χ0) is 21.4. The Hall–Kier alpha value is -2.96. The lowest BCUT2D eigenvalue weighted by atomic mass is 9.86. The van der Waals surface area contributed by atoms with Gasteiger partial charge in [-0.1, -0.05) is 19.1 Å². The lowest BCUT2D eigenvalue weighted by molar-refractivity contribution is -0.125. The maximum atomic E-state index is 12.9. The van der Waals surface area contributed by atoms with Crippen LogP contribution in [0.15, 0.2) is 30.5 Å². The number of anilines is 1. The standard InChI is InChI=1S/C24H30N6O/c1-16-9-11-30(12-10-16)24-26-14-18-13-17(7-8-19(18)28-24)23(31)25-15-22-27-20-5-3-4-6-21(20)29(22)2/h3-6,14,16-17H,7-13,15H2,1-2H3,(H,25,31)/t17-/m0/s1. The third kappa shape index (κ3) is 4.01. The first-order chi connectivity index (χ1) is 15.1. The number of aryl methyl sites for hydroxylation is 2. The van der Waals surface area contributed by atoms with E-state index < -0.39 is 0 Å². The van der Waals surface area contributed by atoms with Crippen LogP contribution < -0.4 is 10.2 Å². The Morgan fingerprint density at radius 2 is 1.97 bits per heavy atom. The molecule has 2 aliphatic rings. The van der Waals surface area contributed by atoms with Crippen molar-refractivity contribution in [2.24, 2.45) is 18.9 Å². The van der Waals surface area contributed by atoms with Crippen LogP contribution in [0.2, 0.25) is 0 Å². The number of hydrogen-bond acceptors (Lipinski definition) is 5. The summed E-state index contributed by atoms with van der Waals surface area (Å²) in [7, 11) is 1.99. The van der Waals surface area contributed by atoms with E-state index >= 15 is 0 Å². The number of amides is 1. The Balaban J connectivity index is 1.22. The first kappa shape index (κ1) is 20.0. The number of imidazole rings is 1. The largest absolute Gasteiger partial charge is 0.349 e. The molecule has 2 aromatic heterocycles. The Morgan fingerprint density at radius 3 is 2.77 bits per heavy atom. The van der Waals surface area contributed by atoms with Gasteiger partial charge >= 0.3 is 0 Å². The van der Waals surface area contributed by atoms with Crippen molar-refractivity contribution in [3.63, 3.8) is 0 Å². The van der Waals surface area contributed by atoms with Crippen LogP contribution in [0.4, 0.5) is 5.95 Å². The van der Waals surface area contributed by atoms with E-state index in [-0.39, 0.29) is 11.8 Å². The zero-order valence-corrected chi connectivity index (χ0v) is 18.3. The van der Waals surface area contributed by atoms with Crippen LogP contribution in [-0.2, 0) is 31.2 Å². The Bertz CT molecular complexity index is 1100. The highest BCUT2D eigenvalue weighted by atomic mass is 16.1. The monoisotopic (exact) mass is 418 g/mol. The summed E-state index contributed by atoms with van der Waals surface area (Å²) in [6.07, 6.45) is 6.72. The second kappa shape index (κ2) is 8.29. The van der Waals surface area contributed by atoms with Crippen LogP contribution in [0.1, 0.15) is 43.3 Å². The second-order valence-electron chi connectivity index (χ2n) is 9.04. The summed E-state index contributed by atoms with van der Waals surface area (Å²) in [5, 5.41) is 3.10. The number of rotatable bonds is 4. The summed E-state index contributed by atoms with van der Waals surface area (Å²) in [6.45, 7) is 4.82. The fourth-order valence-corrected chi connectivity index (χ4v) is 4.75. The molecule has 0 radical (unpaired) electrons. The smallest absolute Gasteiger partial charge is 0.225 e. The van der Waals surface area contributed by atoms with Crippen molar-refractivity contribution < 1.29 is 4.79 Å². The van der Waals surface area contributed by atoms with Gasteiger partial charge in [0.25, 0.3) is 0 Å². The van der Waals surface area contributed by atoms with E-state index in [0.717, 1.165) is 65.9 Å². The molecule has 1 N–H and O–H groups in total. The molecule has 1 saturated heterocycles. The minimum absolute atomic E-state index is 0.0347. The number of para-hydroxylation sites is 2. The summed E-state index contributed by atoms with van der Waals surface area (Å²) >= 11 is 0. The SMILES string of the molecule is CC1CCN(c2ncc3c(n2)CC[C@H](C(=O)NCc2nc4ccccc4n2C)C3)CC1. The summed E-state index contributed by atoms with van der Waals surface area (Å²) in [5.74, 6) is 2.57. The summed E-state index contributed by atoms with van der Waals surface area (Å²) in [5.41, 5.74) is 4.26. The van der Waals surface area contributed by atoms with Gasteiger partial charge in [-0.15, -0.1) is 0 Å². The molecule has 1 aromatic carbocycles. The lowest BCUT2D eigenvalue weighted by Gasteiger charge is -2.31. The molecular weight excluding hydrogens is 388 g/mol. The molecular formula is C24H30N6O. The average molecular weight is 419 g/mol. The highest BCUT2D eigenvalue weighted by molar-refractivity contribution is 5.79. The Labute approximate surface area is 182 Å². The number of nitrogens with zero attached hydrogens (tertiary/aromatic N) is 5. The minimum Gasteiger partial charge on any atom is -0.349 e. The average Bonchev–Trinajstić information content (AvgIpc) is 3.13. The van der Waals surface area contributed by atoms with Crippen molar-refractivity contribution in [2.75, 3.05) is 18.0 Å². The molecule has 0 spiro atoms. The number of hydrogen-bond donors (Lipinski definition) is 1. The number of aromatic nitrogens is 4. The molecule has 5 rings (SSSR count). The van der Waals surface area contributed by atoms with E-state index in [1.165, 1.54) is 12.8 Å². The maximum Gasteiger partial charge on any atom is 0.225 e. The van der Waals surface area contributed by atoms with Gasteiger partial charge in [0.15, 0.2) is 0 Å². The molecule has 3 aromatic rings. The predicted octanol–water partition coefficient (Wildman–Crippen LogP) is 3.02. The number of piperidine rings is 1. The third-order valence-electron chi connectivity index (χ3n) is 6.88. The molecule has 162 valence electrons. The molecule has 31 heavy (non-hydrogen) atoms. The van der Waals surface area contributed by atoms with E-state index in [4.69, 9.17) is 4.98 Å². The fourth-order valence-electron chi connectivity index (χ4n) is 4.75. The van der Waals surface area contributed by atoms with E-state index in [0.29, 0.717) is 13.0 Å². The van der Waals surface area contributed by atoms with Crippen LogP contribution in [0.5, 0.6) is 0 Å². The molecule has 7 heteroatoms. The molecule has 7 nitrogen and oxygen atoms in total. The van der Waals surface area contributed by atoms with Crippen molar-refractivity contribution in [3.05, 3.63) is 47.5 Å². The van der Waals surface area contributed by atoms with Gasteiger partial charge in [0.2, 0.25) is 11.9 Å². The fraction of sp³-hybridized carbons (Fsp3) is 0.500. The van der Waals surface area contributed by atoms with Crippen LogP contribution in [0.25, 0.3) is 11.0 Å². The molecule has 0 bridgehead atoms. The number of carbonyl (C=O) groups excluding carboxylic acids is 1. The lowest BCUT2D eigenvalue weighted by Crippen LogP contribution is -2.36. The molecule has 1 aliphatic heterocycles. The van der Waals surface area contributed by atoms with Gasteiger partial charge in [0.05, 0.1) is 17.6 Å². The maximum absolute atomic E-state index is 12.9. The first-order valence-electron chi connectivity index (χ1n) is 11.4. The molecule has 3 heterocycles. The molecule has 1 fully saturated rings. The number of fused-ring (bicyclic) bond motifs is 2. The van der Waals surface area contributed by atoms with Crippen LogP contribution in [0.3, 0.4) is 0 Å². The summed E-state index contributed by atoms with van der Waals surface area (Å²) < 4.78 is 2.04. The summed E-state index contributed by atoms with van der Waals surface area (Å²) in [6, 6.07) is 8.03. The van der Waals surface area contributed by atoms with Gasteiger partial charge in [0.1, 0.15) is 5.82 Å². The van der Waals surface area contributed by atoms with Crippen molar-refractivity contribution in [3.8, 4) is 0 Å².